The van der Waals surface area contributed by atoms with E-state index < -0.39 is 0 Å². The van der Waals surface area contributed by atoms with Crippen LogP contribution in [-0.2, 0) is 0 Å². The van der Waals surface area contributed by atoms with Crippen LogP contribution >= 0.6 is 68.3 Å². The molecule has 0 unspecified atom stereocenters. The maximum absolute atomic E-state index is 2.43. The third kappa shape index (κ3) is 1.87. The Morgan fingerprint density at radius 1 is 1.38 bits per heavy atom. The molecule has 0 atom stereocenters. The molecule has 0 aliphatic rings. The summed E-state index contributed by atoms with van der Waals surface area (Å²) in [5, 5.41) is 3.54. The van der Waals surface area contributed by atoms with Gasteiger partial charge in [0, 0.05) is 16.7 Å². The van der Waals surface area contributed by atoms with Crippen molar-refractivity contribution in [1.29, 1.82) is 0 Å². The molecule has 0 aliphatic heterocycles. The fraction of sp³-hybridized carbons (Fsp3) is 0.111. The van der Waals surface area contributed by atoms with Crippen LogP contribution in [0.25, 0.3) is 10.1 Å². The second-order valence-electron chi connectivity index (χ2n) is 2.54. The fourth-order valence-corrected chi connectivity index (χ4v) is 5.07. The summed E-state index contributed by atoms with van der Waals surface area (Å²) in [5.74, 6) is 0. The Bertz CT molecular complexity index is 448. The molecule has 0 amide bonds. The van der Waals surface area contributed by atoms with Crippen molar-refractivity contribution in [2.75, 3.05) is 6.26 Å². The number of halogens is 2. The third-order valence-electron chi connectivity index (χ3n) is 1.80. The molecule has 0 N–H and O–H groups in total. The number of benzene rings is 1. The SMILES string of the molecule is CSc1c(I)c(I)cc2ccsc12. The minimum absolute atomic E-state index is 1.36. The van der Waals surface area contributed by atoms with Crippen LogP contribution in [0, 0.1) is 7.14 Å². The van der Waals surface area contributed by atoms with Crippen molar-refractivity contribution in [2.24, 2.45) is 0 Å². The molecule has 0 saturated carbocycles. The highest BCUT2D eigenvalue weighted by molar-refractivity contribution is 14.1. The Labute approximate surface area is 113 Å². The normalized spacial score (nSPS) is 11.0. The minimum atomic E-state index is 1.36. The van der Waals surface area contributed by atoms with Crippen molar-refractivity contribution in [3.8, 4) is 0 Å². The summed E-state index contributed by atoms with van der Waals surface area (Å²) in [4.78, 5) is 1.43. The van der Waals surface area contributed by atoms with Gasteiger partial charge in [-0.2, -0.15) is 0 Å². The summed E-state index contributed by atoms with van der Waals surface area (Å²) >= 11 is 8.51. The van der Waals surface area contributed by atoms with Crippen LogP contribution in [0.15, 0.2) is 22.4 Å². The molecule has 0 fully saturated rings. The summed E-state index contributed by atoms with van der Waals surface area (Å²) in [6.07, 6.45) is 2.15. The zero-order chi connectivity index (χ0) is 9.42. The first kappa shape index (κ1) is 10.5. The Balaban J connectivity index is 2.87. The molecule has 68 valence electrons. The summed E-state index contributed by atoms with van der Waals surface area (Å²) < 4.78 is 4.17. The summed E-state index contributed by atoms with van der Waals surface area (Å²) in [6, 6.07) is 4.45. The highest BCUT2D eigenvalue weighted by atomic mass is 127. The molecule has 1 heterocycles. The summed E-state index contributed by atoms with van der Waals surface area (Å²) in [6.45, 7) is 0. The van der Waals surface area contributed by atoms with E-state index >= 15 is 0 Å². The number of fused-ring (bicyclic) bond motifs is 1. The second-order valence-corrected chi connectivity index (χ2v) is 6.52. The number of thiophene rings is 1. The molecule has 2 aromatic rings. The number of thioether (sulfide) groups is 1. The summed E-state index contributed by atoms with van der Waals surface area (Å²) in [5.41, 5.74) is 0. The van der Waals surface area contributed by atoms with Gasteiger partial charge in [-0.05, 0) is 74.3 Å². The molecule has 0 nitrogen and oxygen atoms in total. The zero-order valence-electron chi connectivity index (χ0n) is 6.80. The lowest BCUT2D eigenvalue weighted by molar-refractivity contribution is 1.47. The first-order chi connectivity index (χ1) is 6.24. The second kappa shape index (κ2) is 4.24. The van der Waals surface area contributed by atoms with Gasteiger partial charge in [-0.3, -0.25) is 0 Å². The van der Waals surface area contributed by atoms with Crippen LogP contribution < -0.4 is 0 Å². The predicted octanol–water partition coefficient (Wildman–Crippen LogP) is 4.83. The Morgan fingerprint density at radius 3 is 2.85 bits per heavy atom. The van der Waals surface area contributed by atoms with Crippen LogP contribution in [-0.4, -0.2) is 6.26 Å². The highest BCUT2D eigenvalue weighted by Gasteiger charge is 2.09. The topological polar surface area (TPSA) is 0 Å². The van der Waals surface area contributed by atoms with Crippen molar-refractivity contribution >= 4 is 78.4 Å². The van der Waals surface area contributed by atoms with Gasteiger partial charge in [0.2, 0.25) is 0 Å². The molecule has 13 heavy (non-hydrogen) atoms. The van der Waals surface area contributed by atoms with Crippen LogP contribution in [0.5, 0.6) is 0 Å². The maximum atomic E-state index is 2.43. The Morgan fingerprint density at radius 2 is 2.15 bits per heavy atom. The molecule has 0 radical (unpaired) electrons. The first-order valence-corrected chi connectivity index (χ1v) is 7.89. The minimum Gasteiger partial charge on any atom is -0.143 e. The highest BCUT2D eigenvalue weighted by Crippen LogP contribution is 2.37. The molecule has 1 aromatic heterocycles. The van der Waals surface area contributed by atoms with E-state index in [-0.39, 0.29) is 0 Å². The molecule has 2 rings (SSSR count). The van der Waals surface area contributed by atoms with Crippen LogP contribution in [0.4, 0.5) is 0 Å². The van der Waals surface area contributed by atoms with Gasteiger partial charge in [0.05, 0.1) is 0 Å². The van der Waals surface area contributed by atoms with Crippen LogP contribution in [0.3, 0.4) is 0 Å². The average Bonchev–Trinajstić information content (AvgIpc) is 2.54. The molecule has 1 aromatic carbocycles. The van der Waals surface area contributed by atoms with E-state index in [1.165, 1.54) is 22.1 Å². The van der Waals surface area contributed by atoms with Gasteiger partial charge in [-0.25, -0.2) is 0 Å². The van der Waals surface area contributed by atoms with Gasteiger partial charge in [0.25, 0.3) is 0 Å². The van der Waals surface area contributed by atoms with Crippen molar-refractivity contribution in [3.05, 3.63) is 24.7 Å². The quantitative estimate of drug-likeness (QED) is 0.460. The van der Waals surface area contributed by atoms with Gasteiger partial charge in [0.15, 0.2) is 0 Å². The molecule has 0 saturated heterocycles. The lowest BCUT2D eigenvalue weighted by atomic mass is 10.3. The fourth-order valence-electron chi connectivity index (χ4n) is 1.21. The van der Waals surface area contributed by atoms with E-state index in [1.807, 2.05) is 23.1 Å². The molecule has 0 spiro atoms. The van der Waals surface area contributed by atoms with E-state index in [4.69, 9.17) is 0 Å². The number of hydrogen-bond donors (Lipinski definition) is 0. The molecule has 4 heteroatoms. The Kier molecular flexibility index (Phi) is 3.43. The smallest absolute Gasteiger partial charge is 0.0489 e. The van der Waals surface area contributed by atoms with Crippen molar-refractivity contribution < 1.29 is 0 Å². The van der Waals surface area contributed by atoms with Crippen molar-refractivity contribution in [1.82, 2.24) is 0 Å². The van der Waals surface area contributed by atoms with E-state index in [0.717, 1.165) is 0 Å². The van der Waals surface area contributed by atoms with Crippen LogP contribution in [0.1, 0.15) is 0 Å². The first-order valence-electron chi connectivity index (χ1n) is 3.63. The van der Waals surface area contributed by atoms with E-state index in [9.17, 15) is 0 Å². The standard InChI is InChI=1S/C9H6I2S2/c1-12-9-7(11)6(10)4-5-2-3-13-8(5)9/h2-4H,1H3. The van der Waals surface area contributed by atoms with Crippen molar-refractivity contribution in [3.63, 3.8) is 0 Å². The zero-order valence-corrected chi connectivity index (χ0v) is 12.8. The molecule has 0 aliphatic carbocycles. The molecular weight excluding hydrogens is 426 g/mol. The van der Waals surface area contributed by atoms with E-state index in [0.29, 0.717) is 0 Å². The van der Waals surface area contributed by atoms with Gasteiger partial charge >= 0.3 is 0 Å². The monoisotopic (exact) mass is 432 g/mol. The van der Waals surface area contributed by atoms with Gasteiger partial charge in [-0.15, -0.1) is 23.1 Å². The van der Waals surface area contributed by atoms with E-state index in [2.05, 4.69) is 69.0 Å². The lowest BCUT2D eigenvalue weighted by Crippen LogP contribution is -1.83. The summed E-state index contributed by atoms with van der Waals surface area (Å²) in [7, 11) is 0. The average molecular weight is 432 g/mol. The third-order valence-corrected chi connectivity index (χ3v) is 7.06. The van der Waals surface area contributed by atoms with Gasteiger partial charge < -0.3 is 0 Å². The Hall–Kier alpha value is 0.990. The predicted molar refractivity (Wildman–Crippen MR) is 79.0 cm³/mol. The number of rotatable bonds is 1. The van der Waals surface area contributed by atoms with E-state index in [1.54, 1.807) is 0 Å². The van der Waals surface area contributed by atoms with Gasteiger partial charge in [0.1, 0.15) is 0 Å². The maximum Gasteiger partial charge on any atom is 0.0489 e. The lowest BCUT2D eigenvalue weighted by Gasteiger charge is -2.04. The largest absolute Gasteiger partial charge is 0.143 e. The van der Waals surface area contributed by atoms with Crippen molar-refractivity contribution in [2.45, 2.75) is 4.90 Å². The number of hydrogen-bond acceptors (Lipinski definition) is 2. The molecule has 0 bridgehead atoms. The molecular formula is C9H6I2S2. The van der Waals surface area contributed by atoms with Crippen LogP contribution in [0.2, 0.25) is 0 Å². The van der Waals surface area contributed by atoms with Gasteiger partial charge in [-0.1, -0.05) is 0 Å².